The molecule has 10 heteroatoms. The van der Waals surface area contributed by atoms with Crippen molar-refractivity contribution >= 4 is 46.7 Å². The molecule has 0 saturated carbocycles. The highest BCUT2D eigenvalue weighted by Crippen LogP contribution is 2.29. The highest BCUT2D eigenvalue weighted by Gasteiger charge is 2.36. The quantitative estimate of drug-likeness (QED) is 0.482. The second kappa shape index (κ2) is 9.94. The molecule has 0 bridgehead atoms. The molecule has 4 rings (SSSR count). The smallest absolute Gasteiger partial charge is 0.337 e. The number of rotatable bonds is 6. The molecule has 3 N–H and O–H groups in total. The number of halogens is 1. The fraction of sp³-hybridized carbons (Fsp3) is 0.160. The minimum Gasteiger partial charge on any atom is -0.478 e. The summed E-state index contributed by atoms with van der Waals surface area (Å²) in [5, 5.41) is 15.1. The topological polar surface area (TPSA) is 129 Å². The van der Waals surface area contributed by atoms with Gasteiger partial charge in [0, 0.05) is 36.8 Å². The van der Waals surface area contributed by atoms with Gasteiger partial charge in [-0.15, -0.1) is 0 Å². The predicted molar refractivity (Wildman–Crippen MR) is 129 cm³/mol. The Morgan fingerprint density at radius 1 is 1.14 bits per heavy atom. The summed E-state index contributed by atoms with van der Waals surface area (Å²) in [4.78, 5) is 55.8. The fourth-order valence-corrected chi connectivity index (χ4v) is 4.10. The van der Waals surface area contributed by atoms with Crippen molar-refractivity contribution in [3.63, 3.8) is 0 Å². The third kappa shape index (κ3) is 5.30. The van der Waals surface area contributed by atoms with Gasteiger partial charge in [-0.05, 0) is 48.0 Å². The van der Waals surface area contributed by atoms with Crippen LogP contribution in [0.25, 0.3) is 0 Å². The Bertz CT molecular complexity index is 1330. The maximum atomic E-state index is 13.6. The van der Waals surface area contributed by atoms with E-state index in [2.05, 4.69) is 15.6 Å². The van der Waals surface area contributed by atoms with Crippen LogP contribution in [0.5, 0.6) is 0 Å². The Morgan fingerprint density at radius 3 is 2.63 bits per heavy atom. The first-order chi connectivity index (χ1) is 16.7. The molecule has 3 aromatic rings. The highest BCUT2D eigenvalue weighted by atomic mass is 35.5. The van der Waals surface area contributed by atoms with Gasteiger partial charge >= 0.3 is 5.97 Å². The molecule has 9 nitrogen and oxygen atoms in total. The van der Waals surface area contributed by atoms with E-state index in [4.69, 9.17) is 11.6 Å². The van der Waals surface area contributed by atoms with Crippen LogP contribution in [0.2, 0.25) is 5.02 Å². The van der Waals surface area contributed by atoms with Crippen molar-refractivity contribution in [3.8, 4) is 0 Å². The average molecular weight is 493 g/mol. The van der Waals surface area contributed by atoms with E-state index in [1.165, 1.54) is 30.0 Å². The molecule has 178 valence electrons. The SMILES string of the molecule is CC(=O)Nc1cc(CN2C(=O)c3ccc(Cl)cc3NC(=O)[C@H]2Cc2ccccn2)ccc1C(=O)O. The van der Waals surface area contributed by atoms with Crippen molar-refractivity contribution < 1.29 is 24.3 Å². The molecule has 1 aliphatic heterocycles. The molecule has 1 aliphatic rings. The molecule has 0 fully saturated rings. The van der Waals surface area contributed by atoms with E-state index in [9.17, 15) is 24.3 Å². The first kappa shape index (κ1) is 23.9. The number of carbonyl (C=O) groups is 4. The van der Waals surface area contributed by atoms with E-state index in [1.54, 1.807) is 42.6 Å². The maximum absolute atomic E-state index is 13.6. The number of nitrogens with one attached hydrogen (secondary N) is 2. The second-order valence-corrected chi connectivity index (χ2v) is 8.46. The summed E-state index contributed by atoms with van der Waals surface area (Å²) in [6, 6.07) is 13.4. The number of hydrogen-bond donors (Lipinski definition) is 3. The Balaban J connectivity index is 1.76. The van der Waals surface area contributed by atoms with Gasteiger partial charge in [0.1, 0.15) is 6.04 Å². The van der Waals surface area contributed by atoms with Crippen LogP contribution in [0.15, 0.2) is 60.8 Å². The predicted octanol–water partition coefficient (Wildman–Crippen LogP) is 3.60. The number of carboxylic acids is 1. The number of anilines is 2. The summed E-state index contributed by atoms with van der Waals surface area (Å²) in [5.41, 5.74) is 1.74. The lowest BCUT2D eigenvalue weighted by Crippen LogP contribution is -2.46. The first-order valence-electron chi connectivity index (χ1n) is 10.7. The number of carboxylic acid groups (broad SMARTS) is 1. The zero-order chi connectivity index (χ0) is 25.1. The van der Waals surface area contributed by atoms with E-state index in [1.807, 2.05) is 0 Å². The van der Waals surface area contributed by atoms with Gasteiger partial charge in [0.25, 0.3) is 5.91 Å². The standard InChI is InChI=1S/C25H21ClN4O5/c1-14(31)28-20-10-15(5-7-19(20)25(34)35)13-30-22(12-17-4-2-3-9-27-17)23(32)29-21-11-16(26)6-8-18(21)24(30)33/h2-11,22H,12-13H2,1H3,(H,28,31)(H,29,32)(H,34,35)/t22-/m1/s1. The molecule has 0 saturated heterocycles. The fourth-order valence-electron chi connectivity index (χ4n) is 3.93. The molecular formula is C25H21ClN4O5. The molecule has 3 amide bonds. The lowest BCUT2D eigenvalue weighted by Gasteiger charge is -2.29. The molecular weight excluding hydrogens is 472 g/mol. The van der Waals surface area contributed by atoms with Crippen LogP contribution in [-0.4, -0.2) is 44.7 Å². The number of aromatic carboxylic acids is 1. The van der Waals surface area contributed by atoms with Gasteiger partial charge in [-0.1, -0.05) is 23.7 Å². The van der Waals surface area contributed by atoms with E-state index < -0.39 is 29.7 Å². The van der Waals surface area contributed by atoms with Gasteiger partial charge in [0.05, 0.1) is 22.5 Å². The van der Waals surface area contributed by atoms with E-state index >= 15 is 0 Å². The lowest BCUT2D eigenvalue weighted by atomic mass is 10.0. The number of benzene rings is 2. The number of fused-ring (bicyclic) bond motifs is 1. The normalized spacial score (nSPS) is 15.1. The first-order valence-corrected chi connectivity index (χ1v) is 11.1. The maximum Gasteiger partial charge on any atom is 0.337 e. The van der Waals surface area contributed by atoms with Crippen LogP contribution >= 0.6 is 11.6 Å². The molecule has 0 radical (unpaired) electrons. The van der Waals surface area contributed by atoms with Gasteiger partial charge in [-0.2, -0.15) is 0 Å². The van der Waals surface area contributed by atoms with Gasteiger partial charge in [-0.25, -0.2) is 4.79 Å². The largest absolute Gasteiger partial charge is 0.478 e. The van der Waals surface area contributed by atoms with E-state index in [-0.39, 0.29) is 29.8 Å². The average Bonchev–Trinajstić information content (AvgIpc) is 2.89. The zero-order valence-electron chi connectivity index (χ0n) is 18.6. The van der Waals surface area contributed by atoms with Crippen LogP contribution in [0, 0.1) is 0 Å². The van der Waals surface area contributed by atoms with Gasteiger partial charge in [-0.3, -0.25) is 19.4 Å². The van der Waals surface area contributed by atoms with E-state index in [0.29, 0.717) is 22.0 Å². The third-order valence-corrected chi connectivity index (χ3v) is 5.75. The number of nitrogens with zero attached hydrogens (tertiary/aromatic N) is 2. The van der Waals surface area contributed by atoms with Crippen LogP contribution in [0.3, 0.4) is 0 Å². The molecule has 1 atom stereocenters. The summed E-state index contributed by atoms with van der Waals surface area (Å²) >= 11 is 6.09. The van der Waals surface area contributed by atoms with Crippen molar-refractivity contribution in [1.29, 1.82) is 0 Å². The van der Waals surface area contributed by atoms with E-state index in [0.717, 1.165) is 0 Å². The summed E-state index contributed by atoms with van der Waals surface area (Å²) in [7, 11) is 0. The Kier molecular flexibility index (Phi) is 6.79. The van der Waals surface area contributed by atoms with Crippen LogP contribution in [-0.2, 0) is 22.6 Å². The Morgan fingerprint density at radius 2 is 1.94 bits per heavy atom. The van der Waals surface area contributed by atoms with Gasteiger partial charge in [0.2, 0.25) is 11.8 Å². The number of pyridine rings is 1. The summed E-state index contributed by atoms with van der Waals surface area (Å²) < 4.78 is 0. The van der Waals surface area contributed by atoms with Crippen molar-refractivity contribution in [2.24, 2.45) is 0 Å². The minimum atomic E-state index is -1.20. The van der Waals surface area contributed by atoms with Gasteiger partial charge < -0.3 is 20.6 Å². The van der Waals surface area contributed by atoms with Crippen LogP contribution in [0.1, 0.15) is 38.9 Å². The van der Waals surface area contributed by atoms with Gasteiger partial charge in [0.15, 0.2) is 0 Å². The monoisotopic (exact) mass is 492 g/mol. The molecule has 2 aromatic carbocycles. The molecule has 2 heterocycles. The van der Waals surface area contributed by atoms with Crippen molar-refractivity contribution in [2.45, 2.75) is 25.9 Å². The Labute approximate surface area is 205 Å². The summed E-state index contributed by atoms with van der Waals surface area (Å²) in [6.45, 7) is 1.25. The molecule has 0 unspecified atom stereocenters. The highest BCUT2D eigenvalue weighted by molar-refractivity contribution is 6.31. The Hall–Kier alpha value is -4.24. The van der Waals surface area contributed by atoms with Crippen molar-refractivity contribution in [3.05, 3.63) is 88.2 Å². The lowest BCUT2D eigenvalue weighted by molar-refractivity contribution is -0.120. The number of hydrogen-bond acceptors (Lipinski definition) is 5. The third-order valence-electron chi connectivity index (χ3n) is 5.52. The number of aromatic nitrogens is 1. The van der Waals surface area contributed by atoms with Crippen molar-refractivity contribution in [1.82, 2.24) is 9.88 Å². The van der Waals surface area contributed by atoms with Crippen LogP contribution in [0.4, 0.5) is 11.4 Å². The molecule has 0 spiro atoms. The second-order valence-electron chi connectivity index (χ2n) is 8.02. The summed E-state index contributed by atoms with van der Waals surface area (Å²) in [5.74, 6) is -2.45. The molecule has 35 heavy (non-hydrogen) atoms. The molecule has 1 aromatic heterocycles. The number of carbonyl (C=O) groups excluding carboxylic acids is 3. The molecule has 0 aliphatic carbocycles. The summed E-state index contributed by atoms with van der Waals surface area (Å²) in [6.07, 6.45) is 1.76. The number of amides is 3. The van der Waals surface area contributed by atoms with Crippen molar-refractivity contribution in [2.75, 3.05) is 10.6 Å². The minimum absolute atomic E-state index is 0.0156. The van der Waals surface area contributed by atoms with Crippen LogP contribution < -0.4 is 10.6 Å². The zero-order valence-corrected chi connectivity index (χ0v) is 19.4.